The second kappa shape index (κ2) is 7.61. The Hall–Kier alpha value is -2.16. The summed E-state index contributed by atoms with van der Waals surface area (Å²) in [6.45, 7) is 0.916. The number of ether oxygens (including phenoxy) is 2. The summed E-state index contributed by atoms with van der Waals surface area (Å²) in [5, 5.41) is 2.51. The molecule has 0 saturated carbocycles. The minimum absolute atomic E-state index is 0.0419. The van der Waals surface area contributed by atoms with Crippen molar-refractivity contribution in [3.8, 4) is 5.75 Å². The number of amides is 1. The second-order valence-electron chi connectivity index (χ2n) is 5.49. The molecule has 1 N–H and O–H groups in total. The van der Waals surface area contributed by atoms with Gasteiger partial charge in [0.15, 0.2) is 22.5 Å². The zero-order valence-corrected chi connectivity index (χ0v) is 13.8. The van der Waals surface area contributed by atoms with Crippen LogP contribution in [0, 0.1) is 5.82 Å². The minimum Gasteiger partial charge on any atom is -0.479 e. The van der Waals surface area contributed by atoms with Crippen molar-refractivity contribution in [2.45, 2.75) is 25.5 Å². The van der Waals surface area contributed by atoms with Crippen molar-refractivity contribution < 1.29 is 31.9 Å². The third kappa shape index (κ3) is 5.48. The molecule has 0 radical (unpaired) electrons. The molecule has 1 heterocycles. The Balaban J connectivity index is 1.73. The van der Waals surface area contributed by atoms with Crippen LogP contribution in [0.2, 0.25) is 0 Å². The first-order valence-electron chi connectivity index (χ1n) is 7.34. The summed E-state index contributed by atoms with van der Waals surface area (Å²) < 4.78 is 45.5. The standard InChI is InChI=1S/C15H18FNO6S/c1-10(23-13-4-2-11(16)3-5-13)15(19)22-8-14(18)17-12-6-7-24(20,21)9-12/h2-5,10,12H,6-9H2,1H3,(H,17,18)/t10-,12+/m1/s1. The fourth-order valence-electron chi connectivity index (χ4n) is 2.20. The van der Waals surface area contributed by atoms with Crippen LogP contribution in [-0.2, 0) is 24.2 Å². The van der Waals surface area contributed by atoms with Gasteiger partial charge in [0.2, 0.25) is 0 Å². The van der Waals surface area contributed by atoms with Crippen LogP contribution in [0.25, 0.3) is 0 Å². The number of rotatable bonds is 6. The first kappa shape index (κ1) is 18.2. The topological polar surface area (TPSA) is 98.8 Å². The van der Waals surface area contributed by atoms with Crippen molar-refractivity contribution in [1.82, 2.24) is 5.32 Å². The molecule has 24 heavy (non-hydrogen) atoms. The van der Waals surface area contributed by atoms with Crippen molar-refractivity contribution >= 4 is 21.7 Å². The van der Waals surface area contributed by atoms with Gasteiger partial charge in [0.25, 0.3) is 5.91 Å². The van der Waals surface area contributed by atoms with Gasteiger partial charge < -0.3 is 14.8 Å². The van der Waals surface area contributed by atoms with E-state index in [-0.39, 0.29) is 11.5 Å². The van der Waals surface area contributed by atoms with Crippen LogP contribution in [0.5, 0.6) is 5.75 Å². The summed E-state index contributed by atoms with van der Waals surface area (Å²) in [5.74, 6) is -1.52. The van der Waals surface area contributed by atoms with Crippen LogP contribution < -0.4 is 10.1 Å². The largest absolute Gasteiger partial charge is 0.479 e. The van der Waals surface area contributed by atoms with Crippen LogP contribution in [-0.4, -0.2) is 50.6 Å². The summed E-state index contributed by atoms with van der Waals surface area (Å²) in [5.41, 5.74) is 0. The molecular formula is C15H18FNO6S. The van der Waals surface area contributed by atoms with Crippen LogP contribution in [0.4, 0.5) is 4.39 Å². The first-order chi connectivity index (χ1) is 11.2. The molecule has 1 fully saturated rings. The molecule has 0 aromatic heterocycles. The van der Waals surface area contributed by atoms with Crippen LogP contribution in [0.3, 0.4) is 0 Å². The van der Waals surface area contributed by atoms with Crippen LogP contribution >= 0.6 is 0 Å². The Morgan fingerprint density at radius 2 is 2.00 bits per heavy atom. The van der Waals surface area contributed by atoms with Gasteiger partial charge >= 0.3 is 5.97 Å². The molecule has 1 aliphatic heterocycles. The van der Waals surface area contributed by atoms with E-state index in [0.29, 0.717) is 12.2 Å². The average Bonchev–Trinajstić information content (AvgIpc) is 2.85. The molecule has 1 amide bonds. The number of halogens is 1. The van der Waals surface area contributed by atoms with E-state index in [9.17, 15) is 22.4 Å². The fraction of sp³-hybridized carbons (Fsp3) is 0.467. The number of carbonyl (C=O) groups is 2. The summed E-state index contributed by atoms with van der Waals surface area (Å²) in [4.78, 5) is 23.4. The predicted molar refractivity (Wildman–Crippen MR) is 82.7 cm³/mol. The number of hydrogen-bond donors (Lipinski definition) is 1. The smallest absolute Gasteiger partial charge is 0.347 e. The Morgan fingerprint density at radius 1 is 1.33 bits per heavy atom. The van der Waals surface area contributed by atoms with E-state index >= 15 is 0 Å². The highest BCUT2D eigenvalue weighted by Crippen LogP contribution is 2.14. The van der Waals surface area contributed by atoms with Gasteiger partial charge in [0.05, 0.1) is 11.5 Å². The van der Waals surface area contributed by atoms with E-state index < -0.39 is 46.3 Å². The molecule has 0 bridgehead atoms. The zero-order valence-electron chi connectivity index (χ0n) is 13.0. The number of carbonyl (C=O) groups excluding carboxylic acids is 2. The molecular weight excluding hydrogens is 341 g/mol. The van der Waals surface area contributed by atoms with Gasteiger partial charge in [-0.3, -0.25) is 4.79 Å². The quantitative estimate of drug-likeness (QED) is 0.740. The lowest BCUT2D eigenvalue weighted by molar-refractivity contribution is -0.154. The fourth-order valence-corrected chi connectivity index (χ4v) is 3.87. The molecule has 1 aromatic rings. The van der Waals surface area contributed by atoms with Crippen LogP contribution in [0.1, 0.15) is 13.3 Å². The maximum atomic E-state index is 12.8. The number of hydrogen-bond acceptors (Lipinski definition) is 6. The second-order valence-corrected chi connectivity index (χ2v) is 7.72. The van der Waals surface area contributed by atoms with E-state index in [1.54, 1.807) is 0 Å². The van der Waals surface area contributed by atoms with Crippen LogP contribution in [0.15, 0.2) is 24.3 Å². The Morgan fingerprint density at radius 3 is 2.58 bits per heavy atom. The normalized spacial score (nSPS) is 20.2. The van der Waals surface area contributed by atoms with Gasteiger partial charge in [0.1, 0.15) is 11.6 Å². The Labute approximate surface area is 139 Å². The summed E-state index contributed by atoms with van der Waals surface area (Å²) in [6, 6.07) is 4.67. The molecule has 0 unspecified atom stereocenters. The van der Waals surface area contributed by atoms with Gasteiger partial charge in [-0.05, 0) is 37.6 Å². The molecule has 1 aromatic carbocycles. The molecule has 1 aliphatic rings. The van der Waals surface area contributed by atoms with E-state index in [2.05, 4.69) is 5.32 Å². The summed E-state index contributed by atoms with van der Waals surface area (Å²) >= 11 is 0. The zero-order chi connectivity index (χ0) is 17.7. The predicted octanol–water partition coefficient (Wildman–Crippen LogP) is 0.439. The minimum atomic E-state index is -3.09. The third-order valence-electron chi connectivity index (χ3n) is 3.40. The summed E-state index contributed by atoms with van der Waals surface area (Å²) in [7, 11) is -3.09. The highest BCUT2D eigenvalue weighted by molar-refractivity contribution is 7.91. The van der Waals surface area contributed by atoms with Gasteiger partial charge in [-0.2, -0.15) is 0 Å². The maximum absolute atomic E-state index is 12.8. The van der Waals surface area contributed by atoms with Crippen molar-refractivity contribution in [2.24, 2.45) is 0 Å². The molecule has 2 atom stereocenters. The monoisotopic (exact) mass is 359 g/mol. The molecule has 9 heteroatoms. The Bertz CT molecular complexity index is 703. The van der Waals surface area contributed by atoms with Gasteiger partial charge in [-0.15, -0.1) is 0 Å². The number of benzene rings is 1. The molecule has 2 rings (SSSR count). The van der Waals surface area contributed by atoms with Gasteiger partial charge in [0, 0.05) is 6.04 Å². The SMILES string of the molecule is C[C@@H](Oc1ccc(F)cc1)C(=O)OCC(=O)N[C@H]1CCS(=O)(=O)C1. The molecule has 0 aliphatic carbocycles. The third-order valence-corrected chi connectivity index (χ3v) is 5.17. The lowest BCUT2D eigenvalue weighted by atomic mass is 10.2. The molecule has 132 valence electrons. The highest BCUT2D eigenvalue weighted by atomic mass is 32.2. The van der Waals surface area contributed by atoms with E-state index in [1.165, 1.54) is 31.2 Å². The summed E-state index contributed by atoms with van der Waals surface area (Å²) in [6.07, 6.45) is -0.623. The van der Waals surface area contributed by atoms with Crippen molar-refractivity contribution in [3.05, 3.63) is 30.1 Å². The molecule has 7 nitrogen and oxygen atoms in total. The Kier molecular flexibility index (Phi) is 5.76. The van der Waals surface area contributed by atoms with Gasteiger partial charge in [-0.25, -0.2) is 17.6 Å². The van der Waals surface area contributed by atoms with Crippen molar-refractivity contribution in [1.29, 1.82) is 0 Å². The van der Waals surface area contributed by atoms with E-state index in [4.69, 9.17) is 9.47 Å². The van der Waals surface area contributed by atoms with E-state index in [1.807, 2.05) is 0 Å². The maximum Gasteiger partial charge on any atom is 0.347 e. The first-order valence-corrected chi connectivity index (χ1v) is 9.16. The lowest BCUT2D eigenvalue weighted by Crippen LogP contribution is -2.39. The van der Waals surface area contributed by atoms with Crippen molar-refractivity contribution in [2.75, 3.05) is 18.1 Å². The lowest BCUT2D eigenvalue weighted by Gasteiger charge is -2.15. The molecule has 1 saturated heterocycles. The number of nitrogens with one attached hydrogen (secondary N) is 1. The highest BCUT2D eigenvalue weighted by Gasteiger charge is 2.29. The van der Waals surface area contributed by atoms with Crippen molar-refractivity contribution in [3.63, 3.8) is 0 Å². The number of esters is 1. The van der Waals surface area contributed by atoms with E-state index in [0.717, 1.165) is 0 Å². The van der Waals surface area contributed by atoms with Gasteiger partial charge in [-0.1, -0.05) is 0 Å². The number of sulfone groups is 1. The molecule has 0 spiro atoms. The average molecular weight is 359 g/mol.